The molecule has 2 fully saturated rings. The third-order valence-corrected chi connectivity index (χ3v) is 4.44. The lowest BCUT2D eigenvalue weighted by Gasteiger charge is -2.36. The van der Waals surface area contributed by atoms with Crippen LogP contribution in [-0.2, 0) is 4.79 Å². The zero-order valence-electron chi connectivity index (χ0n) is 11.1. The zero-order chi connectivity index (χ0) is 13.3. The van der Waals surface area contributed by atoms with Gasteiger partial charge in [-0.1, -0.05) is 0 Å². The van der Waals surface area contributed by atoms with Gasteiger partial charge in [0, 0.05) is 31.4 Å². The van der Waals surface area contributed by atoms with E-state index in [2.05, 4.69) is 9.97 Å². The third kappa shape index (κ3) is 2.39. The van der Waals surface area contributed by atoms with Crippen molar-refractivity contribution in [2.45, 2.75) is 50.0 Å². The van der Waals surface area contributed by atoms with Crippen LogP contribution in [0, 0.1) is 0 Å². The van der Waals surface area contributed by atoms with Crippen molar-refractivity contribution >= 4 is 5.91 Å². The largest absolute Gasteiger partial charge is 0.380 e. The molecule has 0 spiro atoms. The van der Waals surface area contributed by atoms with E-state index in [1.165, 1.54) is 0 Å². The van der Waals surface area contributed by atoms with Gasteiger partial charge in [-0.3, -0.25) is 4.79 Å². The molecule has 19 heavy (non-hydrogen) atoms. The number of aromatic nitrogens is 2. The van der Waals surface area contributed by atoms with Crippen LogP contribution in [0.4, 0.5) is 0 Å². The fourth-order valence-electron chi connectivity index (χ4n) is 3.35. The monoisotopic (exact) mass is 263 g/mol. The molecule has 1 saturated carbocycles. The summed E-state index contributed by atoms with van der Waals surface area (Å²) < 4.78 is 0. The van der Waals surface area contributed by atoms with Crippen molar-refractivity contribution in [1.82, 2.24) is 14.9 Å². The Bertz CT molecular complexity index is 438. The summed E-state index contributed by atoms with van der Waals surface area (Å²) in [5.74, 6) is 1.16. The molecule has 1 saturated heterocycles. The van der Waals surface area contributed by atoms with Gasteiger partial charge in [-0.2, -0.15) is 0 Å². The van der Waals surface area contributed by atoms with Crippen molar-refractivity contribution in [3.05, 3.63) is 18.2 Å². The lowest BCUT2D eigenvalue weighted by atomic mass is 9.94. The van der Waals surface area contributed by atoms with E-state index in [1.54, 1.807) is 6.20 Å². The molecule has 1 aromatic heterocycles. The van der Waals surface area contributed by atoms with E-state index in [0.717, 1.165) is 38.1 Å². The van der Waals surface area contributed by atoms with Crippen LogP contribution < -0.4 is 0 Å². The van der Waals surface area contributed by atoms with Gasteiger partial charge in [0.05, 0.1) is 0 Å². The molecule has 2 aliphatic rings. The third-order valence-electron chi connectivity index (χ3n) is 4.44. The predicted octanol–water partition coefficient (Wildman–Crippen LogP) is 1.42. The molecule has 1 aromatic rings. The van der Waals surface area contributed by atoms with Crippen molar-refractivity contribution in [2.24, 2.45) is 0 Å². The normalized spacial score (nSPS) is 26.6. The first kappa shape index (κ1) is 12.7. The number of likely N-dealkylation sites (tertiary alicyclic amines) is 1. The molecule has 0 radical (unpaired) electrons. The summed E-state index contributed by atoms with van der Waals surface area (Å²) in [5, 5.41) is 10.4. The highest BCUT2D eigenvalue weighted by Gasteiger charge is 2.42. The SMILES string of the molecule is O=C(N1CCCC(c2ncc[nH]2)C1)C1(O)CCCC1. The Kier molecular flexibility index (Phi) is 3.31. The Labute approximate surface area is 113 Å². The molecule has 1 aliphatic heterocycles. The highest BCUT2D eigenvalue weighted by atomic mass is 16.3. The van der Waals surface area contributed by atoms with E-state index in [0.29, 0.717) is 19.4 Å². The maximum absolute atomic E-state index is 12.5. The number of carbonyl (C=O) groups is 1. The van der Waals surface area contributed by atoms with Gasteiger partial charge in [-0.15, -0.1) is 0 Å². The van der Waals surface area contributed by atoms with Crippen molar-refractivity contribution in [3.63, 3.8) is 0 Å². The van der Waals surface area contributed by atoms with Crippen LogP contribution >= 0.6 is 0 Å². The van der Waals surface area contributed by atoms with Gasteiger partial charge in [0.2, 0.25) is 0 Å². The Morgan fingerprint density at radius 3 is 2.89 bits per heavy atom. The smallest absolute Gasteiger partial charge is 0.254 e. The molecule has 3 rings (SSSR count). The minimum absolute atomic E-state index is 0.0683. The van der Waals surface area contributed by atoms with Crippen molar-refractivity contribution in [3.8, 4) is 0 Å². The van der Waals surface area contributed by atoms with E-state index in [-0.39, 0.29) is 11.8 Å². The second-order valence-corrected chi connectivity index (χ2v) is 5.80. The summed E-state index contributed by atoms with van der Waals surface area (Å²) >= 11 is 0. The van der Waals surface area contributed by atoms with E-state index >= 15 is 0 Å². The second-order valence-electron chi connectivity index (χ2n) is 5.80. The molecule has 1 atom stereocenters. The average molecular weight is 263 g/mol. The Balaban J connectivity index is 1.69. The number of carbonyl (C=O) groups excluding carboxylic acids is 1. The van der Waals surface area contributed by atoms with Gasteiger partial charge in [0.15, 0.2) is 0 Å². The molecular weight excluding hydrogens is 242 g/mol. The summed E-state index contributed by atoms with van der Waals surface area (Å²) in [6.07, 6.45) is 8.75. The number of nitrogens with zero attached hydrogens (tertiary/aromatic N) is 2. The van der Waals surface area contributed by atoms with Gasteiger partial charge in [0.25, 0.3) is 5.91 Å². The van der Waals surface area contributed by atoms with E-state index < -0.39 is 5.60 Å². The van der Waals surface area contributed by atoms with Crippen LogP contribution in [0.2, 0.25) is 0 Å². The number of H-pyrrole nitrogens is 1. The first-order chi connectivity index (χ1) is 9.19. The van der Waals surface area contributed by atoms with Gasteiger partial charge in [0.1, 0.15) is 11.4 Å². The number of hydrogen-bond donors (Lipinski definition) is 2. The number of aliphatic hydroxyl groups is 1. The van der Waals surface area contributed by atoms with Crippen molar-refractivity contribution in [1.29, 1.82) is 0 Å². The molecule has 0 aromatic carbocycles. The van der Waals surface area contributed by atoms with Crippen molar-refractivity contribution in [2.75, 3.05) is 13.1 Å². The molecular formula is C14H21N3O2. The lowest BCUT2D eigenvalue weighted by molar-refractivity contribution is -0.152. The number of piperidine rings is 1. The Hall–Kier alpha value is -1.36. The number of hydrogen-bond acceptors (Lipinski definition) is 3. The molecule has 104 valence electrons. The second kappa shape index (κ2) is 4.96. The van der Waals surface area contributed by atoms with Crippen LogP contribution in [-0.4, -0.2) is 44.6 Å². The first-order valence-corrected chi connectivity index (χ1v) is 7.20. The van der Waals surface area contributed by atoms with Gasteiger partial charge >= 0.3 is 0 Å². The minimum Gasteiger partial charge on any atom is -0.380 e. The molecule has 2 heterocycles. The van der Waals surface area contributed by atoms with E-state index in [1.807, 2.05) is 11.1 Å². The Morgan fingerprint density at radius 2 is 2.21 bits per heavy atom. The molecule has 5 nitrogen and oxygen atoms in total. The van der Waals surface area contributed by atoms with Gasteiger partial charge in [-0.05, 0) is 38.5 Å². The first-order valence-electron chi connectivity index (χ1n) is 7.20. The summed E-state index contributed by atoms with van der Waals surface area (Å²) in [4.78, 5) is 21.7. The van der Waals surface area contributed by atoms with Crippen LogP contribution in [0.15, 0.2) is 12.4 Å². The predicted molar refractivity (Wildman–Crippen MR) is 70.6 cm³/mol. The van der Waals surface area contributed by atoms with Crippen molar-refractivity contribution < 1.29 is 9.90 Å². The fourth-order valence-corrected chi connectivity index (χ4v) is 3.35. The molecule has 1 aliphatic carbocycles. The molecule has 0 bridgehead atoms. The number of nitrogens with one attached hydrogen (secondary N) is 1. The average Bonchev–Trinajstić information content (AvgIpc) is 3.10. The highest BCUT2D eigenvalue weighted by Crippen LogP contribution is 2.33. The quantitative estimate of drug-likeness (QED) is 0.848. The maximum Gasteiger partial charge on any atom is 0.254 e. The number of rotatable bonds is 2. The Morgan fingerprint density at radius 1 is 1.42 bits per heavy atom. The molecule has 5 heteroatoms. The number of amides is 1. The molecule has 2 N–H and O–H groups in total. The maximum atomic E-state index is 12.5. The van der Waals surface area contributed by atoms with E-state index in [9.17, 15) is 9.90 Å². The summed E-state index contributed by atoms with van der Waals surface area (Å²) in [6, 6.07) is 0. The van der Waals surface area contributed by atoms with Crippen LogP contribution in [0.3, 0.4) is 0 Å². The summed E-state index contributed by atoms with van der Waals surface area (Å²) in [6.45, 7) is 1.44. The number of aromatic amines is 1. The standard InChI is InChI=1S/C14H21N3O2/c18-13(14(19)5-1-2-6-14)17-9-3-4-11(10-17)12-15-7-8-16-12/h7-8,11,19H,1-6,9-10H2,(H,15,16). The van der Waals surface area contributed by atoms with Crippen LogP contribution in [0.1, 0.15) is 50.3 Å². The lowest BCUT2D eigenvalue weighted by Crippen LogP contribution is -2.50. The topological polar surface area (TPSA) is 69.2 Å². The van der Waals surface area contributed by atoms with Crippen LogP contribution in [0.5, 0.6) is 0 Å². The van der Waals surface area contributed by atoms with Crippen LogP contribution in [0.25, 0.3) is 0 Å². The number of imidazole rings is 1. The molecule has 1 amide bonds. The summed E-state index contributed by atoms with van der Waals surface area (Å²) in [7, 11) is 0. The van der Waals surface area contributed by atoms with E-state index in [4.69, 9.17) is 0 Å². The highest BCUT2D eigenvalue weighted by molar-refractivity contribution is 5.85. The van der Waals surface area contributed by atoms with Gasteiger partial charge in [-0.25, -0.2) is 4.98 Å². The minimum atomic E-state index is -1.09. The fraction of sp³-hybridized carbons (Fsp3) is 0.714. The van der Waals surface area contributed by atoms with Gasteiger partial charge < -0.3 is 15.0 Å². The molecule has 1 unspecified atom stereocenters. The summed E-state index contributed by atoms with van der Waals surface area (Å²) in [5.41, 5.74) is -1.09. The zero-order valence-corrected chi connectivity index (χ0v) is 11.1.